The highest BCUT2D eigenvalue weighted by atomic mass is 35.5. The highest BCUT2D eigenvalue weighted by molar-refractivity contribution is 6.35. The van der Waals surface area contributed by atoms with Crippen molar-refractivity contribution in [3.63, 3.8) is 0 Å². The van der Waals surface area contributed by atoms with Crippen LogP contribution in [0.2, 0.25) is 15.1 Å². The maximum Gasteiger partial charge on any atom is 0.248 e. The molecule has 3 rings (SSSR count). The van der Waals surface area contributed by atoms with Gasteiger partial charge in [-0.3, -0.25) is 4.79 Å². The summed E-state index contributed by atoms with van der Waals surface area (Å²) in [6.45, 7) is 0. The molecule has 3 aromatic rings. The second-order valence-corrected chi connectivity index (χ2v) is 7.23. The average Bonchev–Trinajstić information content (AvgIpc) is 2.67. The number of primary amides is 1. The average molecular weight is 437 g/mol. The van der Waals surface area contributed by atoms with Crippen molar-refractivity contribution < 1.29 is 14.3 Å². The Morgan fingerprint density at radius 2 is 1.57 bits per heavy atom. The summed E-state index contributed by atoms with van der Waals surface area (Å²) in [6.07, 6.45) is -0.560. The van der Waals surface area contributed by atoms with E-state index in [1.807, 2.05) is 12.1 Å². The summed E-state index contributed by atoms with van der Waals surface area (Å²) in [6, 6.07) is 17.2. The maximum absolute atomic E-state index is 11.4. The third kappa shape index (κ3) is 4.53. The lowest BCUT2D eigenvalue weighted by Gasteiger charge is -2.23. The van der Waals surface area contributed by atoms with Crippen LogP contribution in [0.25, 0.3) is 0 Å². The molecule has 7 heteroatoms. The number of halogens is 3. The number of nitrogens with two attached hydrogens (primary N) is 1. The van der Waals surface area contributed by atoms with E-state index in [0.29, 0.717) is 32.1 Å². The van der Waals surface area contributed by atoms with E-state index >= 15 is 0 Å². The summed E-state index contributed by atoms with van der Waals surface area (Å²) < 4.78 is 11.6. The molecule has 0 saturated carbocycles. The zero-order valence-electron chi connectivity index (χ0n) is 14.8. The van der Waals surface area contributed by atoms with Gasteiger partial charge in [-0.2, -0.15) is 0 Å². The summed E-state index contributed by atoms with van der Waals surface area (Å²) in [5, 5.41) is 1.58. The van der Waals surface area contributed by atoms with Gasteiger partial charge in [-0.05, 0) is 48.0 Å². The molecule has 4 nitrogen and oxygen atoms in total. The van der Waals surface area contributed by atoms with Crippen LogP contribution >= 0.6 is 34.8 Å². The number of rotatable bonds is 6. The van der Waals surface area contributed by atoms with Crippen molar-refractivity contribution in [1.29, 1.82) is 0 Å². The highest BCUT2D eigenvalue weighted by Gasteiger charge is 2.22. The van der Waals surface area contributed by atoms with E-state index in [0.717, 1.165) is 11.1 Å². The summed E-state index contributed by atoms with van der Waals surface area (Å²) in [5.74, 6) is 0.249. The molecule has 0 aliphatic rings. The smallest absolute Gasteiger partial charge is 0.248 e. The number of hydrogen-bond donors (Lipinski definition) is 1. The zero-order chi connectivity index (χ0) is 20.3. The Hall–Kier alpha value is -2.40. The van der Waals surface area contributed by atoms with Gasteiger partial charge in [0.05, 0.1) is 7.11 Å². The van der Waals surface area contributed by atoms with E-state index in [1.54, 1.807) is 42.5 Å². The van der Waals surface area contributed by atoms with Gasteiger partial charge >= 0.3 is 0 Å². The van der Waals surface area contributed by atoms with E-state index in [9.17, 15) is 4.79 Å². The molecule has 28 heavy (non-hydrogen) atoms. The van der Waals surface area contributed by atoms with Crippen molar-refractivity contribution in [2.24, 2.45) is 5.73 Å². The van der Waals surface area contributed by atoms with Crippen molar-refractivity contribution in [2.75, 3.05) is 7.11 Å². The topological polar surface area (TPSA) is 61.5 Å². The summed E-state index contributed by atoms with van der Waals surface area (Å²) in [7, 11) is 1.49. The van der Waals surface area contributed by atoms with Crippen LogP contribution in [0.15, 0.2) is 60.7 Å². The van der Waals surface area contributed by atoms with E-state index < -0.39 is 12.0 Å². The molecule has 0 heterocycles. The van der Waals surface area contributed by atoms with E-state index in [2.05, 4.69) is 0 Å². The van der Waals surface area contributed by atoms with Crippen LogP contribution in [0.1, 0.15) is 27.6 Å². The van der Waals surface area contributed by atoms with Crippen LogP contribution < -0.4 is 15.2 Å². The number of carbonyl (C=O) groups is 1. The number of benzene rings is 3. The largest absolute Gasteiger partial charge is 0.493 e. The van der Waals surface area contributed by atoms with E-state index in [4.69, 9.17) is 50.0 Å². The second kappa shape index (κ2) is 8.74. The second-order valence-electron chi connectivity index (χ2n) is 5.95. The minimum absolute atomic E-state index is 0.316. The van der Waals surface area contributed by atoms with Crippen molar-refractivity contribution in [3.8, 4) is 11.5 Å². The lowest BCUT2D eigenvalue weighted by molar-refractivity contribution is 0.1000. The molecule has 0 aromatic heterocycles. The van der Waals surface area contributed by atoms with Crippen molar-refractivity contribution >= 4 is 40.7 Å². The molecule has 0 fully saturated rings. The number of ether oxygens (including phenoxy) is 2. The molecule has 0 aliphatic heterocycles. The Bertz CT molecular complexity index is 1010. The first-order chi connectivity index (χ1) is 13.4. The molecule has 0 saturated heterocycles. The third-order valence-corrected chi connectivity index (χ3v) is 4.93. The highest BCUT2D eigenvalue weighted by Crippen LogP contribution is 2.38. The fourth-order valence-corrected chi connectivity index (χ4v) is 3.34. The van der Waals surface area contributed by atoms with Crippen LogP contribution in [0, 0.1) is 0 Å². The van der Waals surface area contributed by atoms with Crippen LogP contribution in [0.4, 0.5) is 0 Å². The minimum atomic E-state index is -0.560. The molecule has 0 radical (unpaired) electrons. The maximum atomic E-state index is 11.4. The molecular weight excluding hydrogens is 421 g/mol. The van der Waals surface area contributed by atoms with Gasteiger partial charge in [0.25, 0.3) is 0 Å². The Morgan fingerprint density at radius 1 is 0.893 bits per heavy atom. The number of methoxy groups -OCH3 is 1. The molecule has 1 atom stereocenters. The summed E-state index contributed by atoms with van der Waals surface area (Å²) in [5.41, 5.74) is 7.20. The van der Waals surface area contributed by atoms with Gasteiger partial charge in [0, 0.05) is 26.2 Å². The van der Waals surface area contributed by atoms with Crippen molar-refractivity contribution in [2.45, 2.75) is 6.10 Å². The predicted octanol–water partition coefficient (Wildman–Crippen LogP) is 5.92. The Balaban J connectivity index is 2.07. The molecule has 144 valence electrons. The zero-order valence-corrected chi connectivity index (χ0v) is 17.1. The van der Waals surface area contributed by atoms with Crippen LogP contribution in [-0.2, 0) is 0 Å². The van der Waals surface area contributed by atoms with Gasteiger partial charge in [0.15, 0.2) is 17.6 Å². The lowest BCUT2D eigenvalue weighted by atomic mass is 10.0. The van der Waals surface area contributed by atoms with Gasteiger partial charge < -0.3 is 15.2 Å². The number of carbonyl (C=O) groups excluding carboxylic acids is 1. The number of hydrogen-bond acceptors (Lipinski definition) is 3. The first kappa shape index (κ1) is 20.3. The summed E-state index contributed by atoms with van der Waals surface area (Å²) >= 11 is 18.5. The first-order valence-electron chi connectivity index (χ1n) is 8.24. The van der Waals surface area contributed by atoms with Crippen molar-refractivity contribution in [1.82, 2.24) is 0 Å². The molecule has 1 unspecified atom stereocenters. The first-order valence-corrected chi connectivity index (χ1v) is 9.37. The molecular formula is C21H16Cl3NO3. The SMILES string of the molecule is COc1cc(C(N)=O)ccc1OC(c1ccc(Cl)cc1)c1ccc(Cl)cc1Cl. The lowest BCUT2D eigenvalue weighted by Crippen LogP contribution is -2.13. The van der Waals surface area contributed by atoms with Gasteiger partial charge in [-0.1, -0.05) is 53.0 Å². The molecule has 2 N–H and O–H groups in total. The quantitative estimate of drug-likeness (QED) is 0.521. The minimum Gasteiger partial charge on any atom is -0.493 e. The Labute approximate surface area is 177 Å². The molecule has 0 aliphatic carbocycles. The fourth-order valence-electron chi connectivity index (χ4n) is 2.71. The van der Waals surface area contributed by atoms with Gasteiger partial charge in [-0.15, -0.1) is 0 Å². The van der Waals surface area contributed by atoms with Gasteiger partial charge in [0.2, 0.25) is 5.91 Å². The van der Waals surface area contributed by atoms with Crippen molar-refractivity contribution in [3.05, 3.63) is 92.4 Å². The molecule has 3 aromatic carbocycles. The third-order valence-electron chi connectivity index (χ3n) is 4.11. The predicted molar refractivity (Wildman–Crippen MR) is 112 cm³/mol. The normalized spacial score (nSPS) is 11.7. The van der Waals surface area contributed by atoms with E-state index in [1.165, 1.54) is 13.2 Å². The molecule has 0 spiro atoms. The van der Waals surface area contributed by atoms with Gasteiger partial charge in [0.1, 0.15) is 0 Å². The van der Waals surface area contributed by atoms with Crippen LogP contribution in [0.3, 0.4) is 0 Å². The molecule has 0 bridgehead atoms. The van der Waals surface area contributed by atoms with E-state index in [-0.39, 0.29) is 0 Å². The summed E-state index contributed by atoms with van der Waals surface area (Å²) in [4.78, 5) is 11.4. The molecule has 1 amide bonds. The Kier molecular flexibility index (Phi) is 6.35. The van der Waals surface area contributed by atoms with Crippen LogP contribution in [-0.4, -0.2) is 13.0 Å². The van der Waals surface area contributed by atoms with Gasteiger partial charge in [-0.25, -0.2) is 0 Å². The van der Waals surface area contributed by atoms with Crippen LogP contribution in [0.5, 0.6) is 11.5 Å². The fraction of sp³-hybridized carbons (Fsp3) is 0.0952. The standard InChI is InChI=1S/C21H16Cl3NO3/c1-27-19-10-13(21(25)26)4-9-18(19)28-20(12-2-5-14(22)6-3-12)16-8-7-15(23)11-17(16)24/h2-11,20H,1H3,(H2,25,26). The monoisotopic (exact) mass is 435 g/mol. The number of amides is 1. The Morgan fingerprint density at radius 3 is 2.18 bits per heavy atom.